The molecule has 0 unspecified atom stereocenters. The van der Waals surface area contributed by atoms with Crippen molar-refractivity contribution >= 4 is 23.2 Å². The van der Waals surface area contributed by atoms with Gasteiger partial charge in [0.25, 0.3) is 0 Å². The summed E-state index contributed by atoms with van der Waals surface area (Å²) in [6.45, 7) is 5.75. The van der Waals surface area contributed by atoms with Crippen LogP contribution in [0.4, 0.5) is 5.69 Å². The first-order valence-electron chi connectivity index (χ1n) is 9.62. The summed E-state index contributed by atoms with van der Waals surface area (Å²) in [7, 11) is 1.64. The lowest BCUT2D eigenvalue weighted by atomic mass is 10.1. The molecule has 6 heteroatoms. The number of benzene rings is 2. The van der Waals surface area contributed by atoms with E-state index in [4.69, 9.17) is 21.1 Å². The van der Waals surface area contributed by atoms with Gasteiger partial charge in [0.2, 0.25) is 5.91 Å². The predicted octanol–water partition coefficient (Wildman–Crippen LogP) is 4.16. The van der Waals surface area contributed by atoms with E-state index in [-0.39, 0.29) is 5.91 Å². The molecule has 1 fully saturated rings. The zero-order chi connectivity index (χ0) is 19.9. The third-order valence-corrected chi connectivity index (χ3v) is 5.24. The van der Waals surface area contributed by atoms with Crippen LogP contribution in [0.15, 0.2) is 42.5 Å². The third kappa shape index (κ3) is 5.32. The van der Waals surface area contributed by atoms with Crippen molar-refractivity contribution in [3.8, 4) is 11.5 Å². The molecule has 1 amide bonds. The second-order valence-electron chi connectivity index (χ2n) is 6.93. The van der Waals surface area contributed by atoms with E-state index in [0.29, 0.717) is 19.4 Å². The van der Waals surface area contributed by atoms with Crippen molar-refractivity contribution in [2.45, 2.75) is 19.8 Å². The molecule has 1 saturated heterocycles. The van der Waals surface area contributed by atoms with Crippen LogP contribution >= 0.6 is 11.6 Å². The molecule has 0 spiro atoms. The number of halogens is 1. The van der Waals surface area contributed by atoms with Gasteiger partial charge >= 0.3 is 0 Å². The van der Waals surface area contributed by atoms with Crippen LogP contribution in [0.25, 0.3) is 0 Å². The zero-order valence-electron chi connectivity index (χ0n) is 16.5. The molecule has 1 heterocycles. The van der Waals surface area contributed by atoms with Crippen LogP contribution in [-0.2, 0) is 4.79 Å². The number of piperazine rings is 1. The molecule has 0 saturated carbocycles. The molecular weight excluding hydrogens is 376 g/mol. The number of rotatable bonds is 7. The predicted molar refractivity (Wildman–Crippen MR) is 113 cm³/mol. The van der Waals surface area contributed by atoms with Crippen LogP contribution in [0, 0.1) is 6.92 Å². The second-order valence-corrected chi connectivity index (χ2v) is 7.36. The van der Waals surface area contributed by atoms with E-state index in [9.17, 15) is 4.79 Å². The molecular formula is C22H27ClN2O3. The van der Waals surface area contributed by atoms with Gasteiger partial charge in [-0.05, 0) is 55.3 Å². The van der Waals surface area contributed by atoms with E-state index >= 15 is 0 Å². The monoisotopic (exact) mass is 402 g/mol. The summed E-state index contributed by atoms with van der Waals surface area (Å²) in [5.74, 6) is 1.79. The lowest BCUT2D eigenvalue weighted by molar-refractivity contribution is -0.131. The third-order valence-electron chi connectivity index (χ3n) is 5.01. The summed E-state index contributed by atoms with van der Waals surface area (Å²) in [5, 5.41) is 0.746. The molecule has 2 aromatic carbocycles. The topological polar surface area (TPSA) is 42.0 Å². The Morgan fingerprint density at radius 2 is 1.71 bits per heavy atom. The number of nitrogens with zero attached hydrogens (tertiary/aromatic N) is 2. The van der Waals surface area contributed by atoms with Crippen LogP contribution in [-0.4, -0.2) is 50.7 Å². The Hall–Kier alpha value is -2.40. The van der Waals surface area contributed by atoms with Crippen molar-refractivity contribution in [1.82, 2.24) is 4.90 Å². The number of hydrogen-bond acceptors (Lipinski definition) is 4. The van der Waals surface area contributed by atoms with Crippen LogP contribution in [0.3, 0.4) is 0 Å². The maximum Gasteiger partial charge on any atom is 0.222 e. The highest BCUT2D eigenvalue weighted by atomic mass is 35.5. The maximum absolute atomic E-state index is 12.5. The SMILES string of the molecule is COc1ccc(OCCCC(=O)N2CCN(c3cc(Cl)ccc3C)CC2)cc1. The molecule has 3 rings (SSSR count). The van der Waals surface area contributed by atoms with E-state index in [1.165, 1.54) is 5.56 Å². The Morgan fingerprint density at radius 3 is 2.39 bits per heavy atom. The lowest BCUT2D eigenvalue weighted by Gasteiger charge is -2.37. The van der Waals surface area contributed by atoms with Gasteiger partial charge in [-0.25, -0.2) is 0 Å². The van der Waals surface area contributed by atoms with Crippen molar-refractivity contribution in [1.29, 1.82) is 0 Å². The number of ether oxygens (including phenoxy) is 2. The van der Waals surface area contributed by atoms with E-state index in [2.05, 4.69) is 11.8 Å². The van der Waals surface area contributed by atoms with Crippen molar-refractivity contribution in [3.63, 3.8) is 0 Å². The van der Waals surface area contributed by atoms with E-state index in [1.54, 1.807) is 7.11 Å². The molecule has 0 aromatic heterocycles. The molecule has 1 aliphatic rings. The normalized spacial score (nSPS) is 14.1. The molecule has 0 radical (unpaired) electrons. The van der Waals surface area contributed by atoms with Gasteiger partial charge < -0.3 is 19.3 Å². The molecule has 1 aliphatic heterocycles. The van der Waals surface area contributed by atoms with Crippen molar-refractivity contribution in [3.05, 3.63) is 53.1 Å². The van der Waals surface area contributed by atoms with Gasteiger partial charge in [0, 0.05) is 43.3 Å². The van der Waals surface area contributed by atoms with Gasteiger partial charge in [-0.3, -0.25) is 4.79 Å². The average Bonchev–Trinajstić information content (AvgIpc) is 2.73. The van der Waals surface area contributed by atoms with E-state index in [1.807, 2.05) is 47.4 Å². The summed E-state index contributed by atoms with van der Waals surface area (Å²) in [6.07, 6.45) is 1.21. The molecule has 0 N–H and O–H groups in total. The largest absolute Gasteiger partial charge is 0.497 e. The first-order chi connectivity index (χ1) is 13.6. The van der Waals surface area contributed by atoms with Crippen molar-refractivity contribution < 1.29 is 14.3 Å². The minimum atomic E-state index is 0.195. The quantitative estimate of drug-likeness (QED) is 0.652. The zero-order valence-corrected chi connectivity index (χ0v) is 17.2. The molecule has 2 aromatic rings. The Kier molecular flexibility index (Phi) is 7.04. The van der Waals surface area contributed by atoms with E-state index in [0.717, 1.165) is 48.4 Å². The summed E-state index contributed by atoms with van der Waals surface area (Å²) in [5.41, 5.74) is 2.37. The Balaban J connectivity index is 1.39. The molecule has 28 heavy (non-hydrogen) atoms. The van der Waals surface area contributed by atoms with Crippen LogP contribution < -0.4 is 14.4 Å². The number of methoxy groups -OCH3 is 1. The van der Waals surface area contributed by atoms with Gasteiger partial charge in [-0.1, -0.05) is 17.7 Å². The first kappa shape index (κ1) is 20.3. The highest BCUT2D eigenvalue weighted by molar-refractivity contribution is 6.30. The Bertz CT molecular complexity index is 787. The fraction of sp³-hybridized carbons (Fsp3) is 0.409. The minimum Gasteiger partial charge on any atom is -0.497 e. The highest BCUT2D eigenvalue weighted by Gasteiger charge is 2.21. The molecule has 5 nitrogen and oxygen atoms in total. The highest BCUT2D eigenvalue weighted by Crippen LogP contribution is 2.25. The van der Waals surface area contributed by atoms with Gasteiger partial charge in [-0.15, -0.1) is 0 Å². The summed E-state index contributed by atoms with van der Waals surface area (Å²) in [6, 6.07) is 13.4. The summed E-state index contributed by atoms with van der Waals surface area (Å²) >= 11 is 6.14. The molecule has 150 valence electrons. The number of amides is 1. The van der Waals surface area contributed by atoms with Crippen molar-refractivity contribution in [2.75, 3.05) is 44.8 Å². The number of aryl methyl sites for hydroxylation is 1. The Labute approximate surface area is 171 Å². The fourth-order valence-electron chi connectivity index (χ4n) is 3.36. The molecule has 0 atom stereocenters. The lowest BCUT2D eigenvalue weighted by Crippen LogP contribution is -2.49. The van der Waals surface area contributed by atoms with Gasteiger partial charge in [0.05, 0.1) is 13.7 Å². The minimum absolute atomic E-state index is 0.195. The first-order valence-corrected chi connectivity index (χ1v) is 10.0. The van der Waals surface area contributed by atoms with E-state index < -0.39 is 0 Å². The van der Waals surface area contributed by atoms with Crippen LogP contribution in [0.1, 0.15) is 18.4 Å². The Morgan fingerprint density at radius 1 is 1.04 bits per heavy atom. The van der Waals surface area contributed by atoms with Crippen LogP contribution in [0.2, 0.25) is 5.02 Å². The van der Waals surface area contributed by atoms with Gasteiger partial charge in [-0.2, -0.15) is 0 Å². The number of carbonyl (C=O) groups is 1. The van der Waals surface area contributed by atoms with Crippen LogP contribution in [0.5, 0.6) is 11.5 Å². The second kappa shape index (κ2) is 9.69. The number of carbonyl (C=O) groups excluding carboxylic acids is 1. The summed E-state index contributed by atoms with van der Waals surface area (Å²) in [4.78, 5) is 16.7. The van der Waals surface area contributed by atoms with Gasteiger partial charge in [0.15, 0.2) is 0 Å². The number of anilines is 1. The van der Waals surface area contributed by atoms with Gasteiger partial charge in [0.1, 0.15) is 11.5 Å². The fourth-order valence-corrected chi connectivity index (χ4v) is 3.53. The maximum atomic E-state index is 12.5. The molecule has 0 bridgehead atoms. The number of hydrogen-bond donors (Lipinski definition) is 0. The average molecular weight is 403 g/mol. The molecule has 0 aliphatic carbocycles. The smallest absolute Gasteiger partial charge is 0.222 e. The van der Waals surface area contributed by atoms with Crippen molar-refractivity contribution in [2.24, 2.45) is 0 Å². The summed E-state index contributed by atoms with van der Waals surface area (Å²) < 4.78 is 10.8. The standard InChI is InChI=1S/C22H27ClN2O3/c1-17-5-6-18(23)16-21(17)24-11-13-25(14-12-24)22(26)4-3-15-28-20-9-7-19(27-2)8-10-20/h5-10,16H,3-4,11-15H2,1-2H3.